The van der Waals surface area contributed by atoms with Crippen LogP contribution in [0.15, 0.2) is 24.5 Å². The topological polar surface area (TPSA) is 54.6 Å². The third-order valence-electron chi connectivity index (χ3n) is 1.41. The number of hydrogen-bond acceptors (Lipinski definition) is 2. The second kappa shape index (κ2) is 13.0. The highest BCUT2D eigenvalue weighted by Gasteiger charge is 1.86. The van der Waals surface area contributed by atoms with Crippen molar-refractivity contribution in [1.82, 2.24) is 0 Å². The summed E-state index contributed by atoms with van der Waals surface area (Å²) < 4.78 is 0. The van der Waals surface area contributed by atoms with Gasteiger partial charge in [-0.25, -0.2) is 4.98 Å². The van der Waals surface area contributed by atoms with Crippen LogP contribution < -0.4 is 4.98 Å². The maximum Gasteiger partial charge on any atom is 0.170 e. The van der Waals surface area contributed by atoms with E-state index in [0.717, 1.165) is 12.3 Å². The minimum atomic E-state index is 0.291. The number of aromatic amines is 1. The van der Waals surface area contributed by atoms with E-state index in [0.29, 0.717) is 18.3 Å². The van der Waals surface area contributed by atoms with Crippen molar-refractivity contribution in [3.63, 3.8) is 0 Å². The number of H-pyrrole nitrogens is 1. The smallest absolute Gasteiger partial charge is 0.170 e. The molecule has 0 spiro atoms. The summed E-state index contributed by atoms with van der Waals surface area (Å²) in [6.07, 6.45) is 4.25. The predicted octanol–water partition coefficient (Wildman–Crippen LogP) is 2.89. The van der Waals surface area contributed by atoms with Gasteiger partial charge in [0.05, 0.1) is 0 Å². The highest BCUT2D eigenvalue weighted by Crippen LogP contribution is 1.98. The van der Waals surface area contributed by atoms with E-state index in [-0.39, 0.29) is 0 Å². The zero-order valence-electron chi connectivity index (χ0n) is 11.8. The summed E-state index contributed by atoms with van der Waals surface area (Å²) in [6, 6.07) is 3.17. The number of aromatic hydroxyl groups is 1. The van der Waals surface area contributed by atoms with Crippen LogP contribution in [0.5, 0.6) is 5.75 Å². The first-order chi connectivity index (χ1) is 7.90. The molecule has 1 rings (SSSR count). The Labute approximate surface area is 106 Å². The van der Waals surface area contributed by atoms with E-state index in [1.807, 2.05) is 0 Å². The van der Waals surface area contributed by atoms with E-state index < -0.39 is 0 Å². The van der Waals surface area contributed by atoms with Gasteiger partial charge in [0.1, 0.15) is 5.75 Å². The van der Waals surface area contributed by atoms with Crippen LogP contribution in [0.2, 0.25) is 0 Å². The molecular formula is C14H28NO2+. The maximum absolute atomic E-state index is 8.61. The minimum absolute atomic E-state index is 0.291. The van der Waals surface area contributed by atoms with Crippen LogP contribution in [0.25, 0.3) is 0 Å². The molecule has 3 heteroatoms. The Balaban J connectivity index is 0. The van der Waals surface area contributed by atoms with Gasteiger partial charge >= 0.3 is 0 Å². The molecule has 0 atom stereocenters. The molecule has 1 aromatic rings. The molecule has 0 aliphatic carbocycles. The molecule has 1 heterocycles. The van der Waals surface area contributed by atoms with Crippen molar-refractivity contribution in [3.05, 3.63) is 24.5 Å². The summed E-state index contributed by atoms with van der Waals surface area (Å²) in [5, 5.41) is 16.8. The fraction of sp³-hybridized carbons (Fsp3) is 0.643. The molecule has 0 aliphatic heterocycles. The van der Waals surface area contributed by atoms with Crippen LogP contribution in [0.4, 0.5) is 0 Å². The molecule has 0 unspecified atom stereocenters. The summed E-state index contributed by atoms with van der Waals surface area (Å²) in [5.41, 5.74) is 0. The molecular weight excluding hydrogens is 214 g/mol. The number of aliphatic hydroxyl groups excluding tert-OH is 1. The summed E-state index contributed by atoms with van der Waals surface area (Å²) in [4.78, 5) is 2.77. The molecule has 0 saturated carbocycles. The lowest BCUT2D eigenvalue weighted by molar-refractivity contribution is -0.378. The Kier molecular flexibility index (Phi) is 14.0. The summed E-state index contributed by atoms with van der Waals surface area (Å²) in [5.74, 6) is 1.77. The average Bonchev–Trinajstić information content (AvgIpc) is 2.18. The molecule has 0 bridgehead atoms. The minimum Gasteiger partial charge on any atom is -0.507 e. The molecule has 0 amide bonds. The fourth-order valence-electron chi connectivity index (χ4n) is 0.636. The fourth-order valence-corrected chi connectivity index (χ4v) is 0.636. The zero-order chi connectivity index (χ0) is 13.7. The van der Waals surface area contributed by atoms with E-state index in [4.69, 9.17) is 10.2 Å². The van der Waals surface area contributed by atoms with Gasteiger partial charge in [-0.05, 0) is 18.3 Å². The molecule has 0 radical (unpaired) electrons. The van der Waals surface area contributed by atoms with E-state index in [1.165, 1.54) is 0 Å². The quantitative estimate of drug-likeness (QED) is 0.838. The van der Waals surface area contributed by atoms with Crippen molar-refractivity contribution in [2.75, 3.05) is 6.61 Å². The summed E-state index contributed by atoms with van der Waals surface area (Å²) >= 11 is 0. The van der Waals surface area contributed by atoms with Crippen molar-refractivity contribution >= 4 is 0 Å². The molecule has 0 aliphatic rings. The molecule has 0 aromatic carbocycles. The lowest BCUT2D eigenvalue weighted by atomic mass is 10.2. The Morgan fingerprint density at radius 2 is 1.47 bits per heavy atom. The number of nitrogens with one attached hydrogen (secondary N) is 1. The van der Waals surface area contributed by atoms with Crippen molar-refractivity contribution in [1.29, 1.82) is 0 Å². The van der Waals surface area contributed by atoms with E-state index in [9.17, 15) is 0 Å². The lowest BCUT2D eigenvalue weighted by Gasteiger charge is -1.95. The van der Waals surface area contributed by atoms with Crippen LogP contribution in [0, 0.1) is 11.8 Å². The lowest BCUT2D eigenvalue weighted by Crippen LogP contribution is -1.94. The van der Waals surface area contributed by atoms with Gasteiger partial charge in [0, 0.05) is 18.7 Å². The number of pyridine rings is 1. The Morgan fingerprint density at radius 3 is 1.59 bits per heavy atom. The van der Waals surface area contributed by atoms with Gasteiger partial charge in [-0.1, -0.05) is 34.6 Å². The third-order valence-corrected chi connectivity index (χ3v) is 1.41. The van der Waals surface area contributed by atoms with Crippen molar-refractivity contribution in [2.45, 2.75) is 41.0 Å². The molecule has 3 nitrogen and oxygen atoms in total. The summed E-state index contributed by atoms with van der Waals surface area (Å²) in [7, 11) is 0. The molecule has 3 N–H and O–H groups in total. The van der Waals surface area contributed by atoms with Gasteiger partial charge in [0.25, 0.3) is 0 Å². The number of aliphatic hydroxyl groups is 1. The van der Waals surface area contributed by atoms with Crippen LogP contribution >= 0.6 is 0 Å². The molecule has 100 valence electrons. The summed E-state index contributed by atoms with van der Waals surface area (Å²) in [6.45, 7) is 11.0. The van der Waals surface area contributed by atoms with Gasteiger partial charge in [-0.2, -0.15) is 0 Å². The van der Waals surface area contributed by atoms with Crippen molar-refractivity contribution in [3.8, 4) is 5.75 Å². The van der Waals surface area contributed by atoms with Crippen LogP contribution in [0.3, 0.4) is 0 Å². The van der Waals surface area contributed by atoms with E-state index in [1.54, 1.807) is 24.5 Å². The highest BCUT2D eigenvalue weighted by molar-refractivity contribution is 5.11. The number of hydrogen-bond donors (Lipinski definition) is 2. The van der Waals surface area contributed by atoms with E-state index >= 15 is 0 Å². The molecule has 0 fully saturated rings. The Bertz CT molecular complexity index is 232. The second-order valence-corrected chi connectivity index (χ2v) is 4.90. The maximum atomic E-state index is 8.61. The van der Waals surface area contributed by atoms with Gasteiger partial charge in [-0.3, -0.25) is 0 Å². The van der Waals surface area contributed by atoms with Gasteiger partial charge in [-0.15, -0.1) is 0 Å². The first-order valence-electron chi connectivity index (χ1n) is 6.16. The zero-order valence-corrected chi connectivity index (χ0v) is 11.8. The largest absolute Gasteiger partial charge is 0.507 e. The molecule has 0 saturated heterocycles. The van der Waals surface area contributed by atoms with Crippen LogP contribution in [-0.4, -0.2) is 16.8 Å². The highest BCUT2D eigenvalue weighted by atomic mass is 16.3. The first-order valence-corrected chi connectivity index (χ1v) is 6.16. The first kappa shape index (κ1) is 18.3. The number of aromatic nitrogens is 1. The molecule has 17 heavy (non-hydrogen) atoms. The van der Waals surface area contributed by atoms with Gasteiger partial charge in [0.15, 0.2) is 12.4 Å². The normalized spacial score (nSPS) is 9.18. The van der Waals surface area contributed by atoms with Crippen LogP contribution in [0.1, 0.15) is 41.0 Å². The van der Waals surface area contributed by atoms with Crippen molar-refractivity contribution < 1.29 is 15.2 Å². The second-order valence-electron chi connectivity index (χ2n) is 4.90. The standard InChI is InChI=1S/C5H5NO.C5H12O.C4H10/c7-5-1-3-6-4-2-5;1-5(2)3-4-6;1-4(2)3/h1-4H,(H,6,7);5-6H,3-4H2,1-2H3;4H,1-3H3/p+1. The van der Waals surface area contributed by atoms with Crippen LogP contribution in [-0.2, 0) is 0 Å². The predicted molar refractivity (Wildman–Crippen MR) is 71.7 cm³/mol. The van der Waals surface area contributed by atoms with Crippen molar-refractivity contribution in [2.24, 2.45) is 11.8 Å². The Morgan fingerprint density at radius 1 is 1.06 bits per heavy atom. The monoisotopic (exact) mass is 242 g/mol. The third kappa shape index (κ3) is 25.3. The Hall–Kier alpha value is -1.09. The van der Waals surface area contributed by atoms with Gasteiger partial charge < -0.3 is 10.2 Å². The number of rotatable bonds is 2. The van der Waals surface area contributed by atoms with E-state index in [2.05, 4.69) is 39.6 Å². The SMILES string of the molecule is CC(C)C.CC(C)CCO.Oc1cc[nH+]cc1. The van der Waals surface area contributed by atoms with Gasteiger partial charge in [0.2, 0.25) is 0 Å². The molecule has 1 aromatic heterocycles. The average molecular weight is 242 g/mol.